The van der Waals surface area contributed by atoms with E-state index in [1.807, 2.05) is 0 Å². The van der Waals surface area contributed by atoms with Gasteiger partial charge in [-0.15, -0.1) is 0 Å². The van der Waals surface area contributed by atoms with Gasteiger partial charge in [-0.1, -0.05) is 19.3 Å². The predicted molar refractivity (Wildman–Crippen MR) is 52.2 cm³/mol. The summed E-state index contributed by atoms with van der Waals surface area (Å²) in [5, 5.41) is -5.00. The minimum Gasteiger partial charge on any atom is -0.743 e. The Morgan fingerprint density at radius 2 is 1.78 bits per heavy atom. The Labute approximate surface area is 126 Å². The van der Waals surface area contributed by atoms with E-state index in [2.05, 4.69) is 4.74 Å². The number of esters is 1. The van der Waals surface area contributed by atoms with Crippen LogP contribution in [0.25, 0.3) is 0 Å². The number of hydrogen-bond donors (Lipinski definition) is 0. The van der Waals surface area contributed by atoms with Gasteiger partial charge in [-0.2, -0.15) is 8.78 Å². The van der Waals surface area contributed by atoms with Gasteiger partial charge in [-0.3, -0.25) is 0 Å². The molecule has 1 aliphatic rings. The third-order valence-electron chi connectivity index (χ3n) is 2.73. The topological polar surface area (TPSA) is 83.5 Å². The first-order valence-electron chi connectivity index (χ1n) is 5.25. The van der Waals surface area contributed by atoms with E-state index in [1.54, 1.807) is 0 Å². The molecule has 100 valence electrons. The van der Waals surface area contributed by atoms with Crippen LogP contribution in [0.2, 0.25) is 0 Å². The molecule has 0 aromatic heterocycles. The van der Waals surface area contributed by atoms with Crippen molar-refractivity contribution in [2.45, 2.75) is 37.4 Å². The summed E-state index contributed by atoms with van der Waals surface area (Å²) in [6, 6.07) is 0. The maximum absolute atomic E-state index is 12.7. The molecule has 1 saturated carbocycles. The van der Waals surface area contributed by atoms with Crippen LogP contribution in [0.4, 0.5) is 8.78 Å². The van der Waals surface area contributed by atoms with E-state index in [4.69, 9.17) is 0 Å². The molecular formula is C9H13F2NaO5S. The quantitative estimate of drug-likeness (QED) is 0.349. The summed E-state index contributed by atoms with van der Waals surface area (Å²) in [7, 11) is -6.01. The number of alkyl halides is 2. The third-order valence-corrected chi connectivity index (χ3v) is 3.52. The largest absolute Gasteiger partial charge is 1.00 e. The molecule has 0 bridgehead atoms. The van der Waals surface area contributed by atoms with Gasteiger partial charge < -0.3 is 9.29 Å². The summed E-state index contributed by atoms with van der Waals surface area (Å²) in [4.78, 5) is 10.8. The number of carbonyl (C=O) groups excluding carboxylic acids is 1. The summed E-state index contributed by atoms with van der Waals surface area (Å²) in [5.41, 5.74) is 0. The van der Waals surface area contributed by atoms with Crippen LogP contribution in [0.1, 0.15) is 32.1 Å². The summed E-state index contributed by atoms with van der Waals surface area (Å²) >= 11 is 0. The first-order chi connectivity index (χ1) is 7.75. The first-order valence-corrected chi connectivity index (χ1v) is 6.66. The molecule has 0 amide bonds. The van der Waals surface area contributed by atoms with Gasteiger partial charge in [0.1, 0.15) is 0 Å². The summed E-state index contributed by atoms with van der Waals surface area (Å²) < 4.78 is 60.0. The molecule has 0 spiro atoms. The summed E-state index contributed by atoms with van der Waals surface area (Å²) in [5.74, 6) is -2.31. The van der Waals surface area contributed by atoms with Gasteiger partial charge in [0.2, 0.25) is 0 Å². The second kappa shape index (κ2) is 7.14. The molecule has 0 N–H and O–H groups in total. The average Bonchev–Trinajstić information content (AvgIpc) is 2.25. The maximum atomic E-state index is 12.7. The number of ether oxygens (including phenoxy) is 1. The molecule has 0 saturated heterocycles. The van der Waals surface area contributed by atoms with Crippen LogP contribution in [0.5, 0.6) is 0 Å². The molecule has 1 aliphatic carbocycles. The van der Waals surface area contributed by atoms with Crippen molar-refractivity contribution in [2.24, 2.45) is 5.92 Å². The van der Waals surface area contributed by atoms with Gasteiger partial charge in [0.15, 0.2) is 10.1 Å². The molecule has 0 aliphatic heterocycles. The molecule has 0 aromatic rings. The molecule has 9 heteroatoms. The molecule has 0 radical (unpaired) electrons. The normalized spacial score (nSPS) is 17.9. The van der Waals surface area contributed by atoms with Crippen molar-refractivity contribution in [3.05, 3.63) is 0 Å². The van der Waals surface area contributed by atoms with E-state index < -0.39 is 21.3 Å². The number of rotatable bonds is 4. The Bertz CT molecular complexity index is 378. The van der Waals surface area contributed by atoms with Gasteiger partial charge in [0, 0.05) is 0 Å². The van der Waals surface area contributed by atoms with Gasteiger partial charge in [-0.25, -0.2) is 13.2 Å². The number of carbonyl (C=O) groups is 1. The van der Waals surface area contributed by atoms with Gasteiger partial charge in [-0.05, 0) is 18.8 Å². The zero-order valence-corrected chi connectivity index (χ0v) is 12.8. The van der Waals surface area contributed by atoms with E-state index in [0.29, 0.717) is 0 Å². The molecular weight excluding hydrogens is 281 g/mol. The minimum atomic E-state index is -6.01. The fourth-order valence-electron chi connectivity index (χ4n) is 1.73. The fraction of sp³-hybridized carbons (Fsp3) is 0.889. The van der Waals surface area contributed by atoms with Crippen molar-refractivity contribution >= 4 is 16.1 Å². The Morgan fingerprint density at radius 1 is 1.28 bits per heavy atom. The smallest absolute Gasteiger partial charge is 0.743 e. The van der Waals surface area contributed by atoms with Crippen molar-refractivity contribution in [3.63, 3.8) is 0 Å². The van der Waals surface area contributed by atoms with Gasteiger partial charge in [0.05, 0.1) is 6.61 Å². The van der Waals surface area contributed by atoms with E-state index in [1.165, 1.54) is 0 Å². The average molecular weight is 294 g/mol. The zero-order valence-electron chi connectivity index (χ0n) is 10.0. The zero-order chi connectivity index (χ0) is 13.1. The Balaban J connectivity index is 0.00000289. The van der Waals surface area contributed by atoms with E-state index >= 15 is 0 Å². The van der Waals surface area contributed by atoms with E-state index in [-0.39, 0.29) is 42.1 Å². The fourth-order valence-corrected chi connectivity index (χ4v) is 2.00. The standard InChI is InChI=1S/C9H14F2O5S.Na/c10-9(11,17(13,14)15)8(12)16-6-7-4-2-1-3-5-7;/h7H,1-6H2,(H,13,14,15);/q;+1/p-1. The summed E-state index contributed by atoms with van der Waals surface area (Å²) in [6.45, 7) is -0.260. The van der Waals surface area contributed by atoms with Crippen molar-refractivity contribution in [1.82, 2.24) is 0 Å². The third kappa shape index (κ3) is 4.73. The Hall–Kier alpha value is 0.240. The first kappa shape index (κ1) is 18.2. The predicted octanol–water partition coefficient (Wildman–Crippen LogP) is -1.75. The molecule has 1 fully saturated rings. The molecule has 0 aromatic carbocycles. The van der Waals surface area contributed by atoms with E-state index in [0.717, 1.165) is 32.1 Å². The van der Waals surface area contributed by atoms with Crippen LogP contribution >= 0.6 is 0 Å². The van der Waals surface area contributed by atoms with Gasteiger partial charge >= 0.3 is 40.8 Å². The molecule has 0 heterocycles. The van der Waals surface area contributed by atoms with Crippen molar-refractivity contribution in [3.8, 4) is 0 Å². The van der Waals surface area contributed by atoms with Crippen molar-refractivity contribution < 1.29 is 60.8 Å². The Kier molecular flexibility index (Phi) is 7.23. The Morgan fingerprint density at radius 3 is 2.22 bits per heavy atom. The second-order valence-electron chi connectivity index (χ2n) is 4.07. The van der Waals surface area contributed by atoms with Gasteiger partial charge in [0.25, 0.3) is 0 Å². The molecule has 18 heavy (non-hydrogen) atoms. The molecule has 5 nitrogen and oxygen atoms in total. The molecule has 0 unspecified atom stereocenters. The van der Waals surface area contributed by atoms with Crippen molar-refractivity contribution in [1.29, 1.82) is 0 Å². The second-order valence-corrected chi connectivity index (χ2v) is 5.49. The maximum Gasteiger partial charge on any atom is 1.00 e. The van der Waals surface area contributed by atoms with Crippen LogP contribution in [-0.4, -0.2) is 30.8 Å². The molecule has 1 rings (SSSR count). The minimum absolute atomic E-state index is 0. The summed E-state index contributed by atoms with van der Waals surface area (Å²) in [6.07, 6.45) is 4.42. The van der Waals surface area contributed by atoms with Crippen LogP contribution in [0, 0.1) is 5.92 Å². The van der Waals surface area contributed by atoms with Crippen LogP contribution < -0.4 is 29.6 Å². The van der Waals surface area contributed by atoms with E-state index in [9.17, 15) is 26.5 Å². The van der Waals surface area contributed by atoms with Crippen LogP contribution in [0.3, 0.4) is 0 Å². The molecule has 0 atom stereocenters. The SMILES string of the molecule is O=C(OCC1CCCCC1)C(F)(F)S(=O)(=O)[O-].[Na+]. The van der Waals surface area contributed by atoms with Crippen molar-refractivity contribution in [2.75, 3.05) is 6.61 Å². The number of halogens is 2. The monoisotopic (exact) mass is 294 g/mol. The number of hydrogen-bond acceptors (Lipinski definition) is 5. The van der Waals surface area contributed by atoms with Crippen LogP contribution in [-0.2, 0) is 19.6 Å². The van der Waals surface area contributed by atoms with Crippen LogP contribution in [0.15, 0.2) is 0 Å².